The van der Waals surface area contributed by atoms with Crippen molar-refractivity contribution in [2.75, 3.05) is 26.2 Å². The van der Waals surface area contributed by atoms with E-state index in [1.165, 1.54) is 38.5 Å². The van der Waals surface area contributed by atoms with Gasteiger partial charge in [0.15, 0.2) is 0 Å². The van der Waals surface area contributed by atoms with Crippen molar-refractivity contribution >= 4 is 5.91 Å². The van der Waals surface area contributed by atoms with Crippen LogP contribution in [-0.4, -0.2) is 37.0 Å². The number of likely N-dealkylation sites (tertiary alicyclic amines) is 1. The highest BCUT2D eigenvalue weighted by molar-refractivity contribution is 5.80. The van der Waals surface area contributed by atoms with E-state index < -0.39 is 0 Å². The van der Waals surface area contributed by atoms with Crippen molar-refractivity contribution in [3.05, 3.63) is 0 Å². The molecular formula is C15H26N2O. The average Bonchev–Trinajstić information content (AvgIpc) is 2.37. The van der Waals surface area contributed by atoms with Gasteiger partial charge < -0.3 is 10.2 Å². The molecule has 3 aliphatic rings. The molecule has 0 bridgehead atoms. The van der Waals surface area contributed by atoms with Crippen LogP contribution in [0.5, 0.6) is 0 Å². The van der Waals surface area contributed by atoms with E-state index in [4.69, 9.17) is 0 Å². The lowest BCUT2D eigenvalue weighted by Crippen LogP contribution is -2.52. The van der Waals surface area contributed by atoms with Crippen molar-refractivity contribution in [2.24, 2.45) is 17.3 Å². The van der Waals surface area contributed by atoms with Gasteiger partial charge in [0.1, 0.15) is 0 Å². The van der Waals surface area contributed by atoms with Crippen molar-refractivity contribution in [2.45, 2.75) is 45.4 Å². The summed E-state index contributed by atoms with van der Waals surface area (Å²) in [5, 5.41) is 3.43. The largest absolute Gasteiger partial charge is 0.342 e. The fourth-order valence-corrected chi connectivity index (χ4v) is 4.01. The summed E-state index contributed by atoms with van der Waals surface area (Å²) in [6.45, 7) is 6.62. The molecule has 0 aromatic heterocycles. The van der Waals surface area contributed by atoms with Gasteiger partial charge in [-0.25, -0.2) is 0 Å². The van der Waals surface area contributed by atoms with Crippen molar-refractivity contribution in [3.8, 4) is 0 Å². The Bertz CT molecular complexity index is 306. The van der Waals surface area contributed by atoms with Gasteiger partial charge in [0.2, 0.25) is 5.91 Å². The number of hydrogen-bond donors (Lipinski definition) is 1. The van der Waals surface area contributed by atoms with E-state index in [9.17, 15) is 4.79 Å². The minimum atomic E-state index is 0.358. The Morgan fingerprint density at radius 1 is 1.17 bits per heavy atom. The zero-order valence-electron chi connectivity index (χ0n) is 11.6. The number of hydrogen-bond acceptors (Lipinski definition) is 2. The third-order valence-corrected chi connectivity index (χ3v) is 5.47. The standard InChI is InChI=1S/C15H26N2O/c1-12-2-8-17(9-3-12)14(18)13-10-15(11-13)4-6-16-7-5-15/h12-13,16H,2-11H2,1H3. The summed E-state index contributed by atoms with van der Waals surface area (Å²) in [4.78, 5) is 14.6. The van der Waals surface area contributed by atoms with Crippen molar-refractivity contribution < 1.29 is 4.79 Å². The Morgan fingerprint density at radius 2 is 1.78 bits per heavy atom. The fourth-order valence-electron chi connectivity index (χ4n) is 4.01. The fraction of sp³-hybridized carbons (Fsp3) is 0.933. The van der Waals surface area contributed by atoms with Gasteiger partial charge >= 0.3 is 0 Å². The van der Waals surface area contributed by atoms with Crippen molar-refractivity contribution in [1.82, 2.24) is 10.2 Å². The number of nitrogens with zero attached hydrogens (tertiary/aromatic N) is 1. The molecule has 2 saturated heterocycles. The molecule has 1 saturated carbocycles. The van der Waals surface area contributed by atoms with Crippen LogP contribution in [0.15, 0.2) is 0 Å². The van der Waals surface area contributed by atoms with E-state index in [2.05, 4.69) is 17.1 Å². The summed E-state index contributed by atoms with van der Waals surface area (Å²) in [5.41, 5.74) is 0.536. The maximum Gasteiger partial charge on any atom is 0.225 e. The van der Waals surface area contributed by atoms with Crippen LogP contribution in [0.1, 0.15) is 45.4 Å². The van der Waals surface area contributed by atoms with Gasteiger partial charge in [0.25, 0.3) is 0 Å². The monoisotopic (exact) mass is 250 g/mol. The molecule has 0 radical (unpaired) electrons. The molecule has 0 atom stereocenters. The van der Waals surface area contributed by atoms with Gasteiger partial charge in [0, 0.05) is 19.0 Å². The van der Waals surface area contributed by atoms with Crippen LogP contribution in [0.25, 0.3) is 0 Å². The third kappa shape index (κ3) is 2.29. The average molecular weight is 250 g/mol. The molecule has 0 aromatic carbocycles. The lowest BCUT2D eigenvalue weighted by molar-refractivity contribution is -0.146. The van der Waals surface area contributed by atoms with Crippen LogP contribution < -0.4 is 5.32 Å². The SMILES string of the molecule is CC1CCN(C(=O)C2CC3(CCNCC3)C2)CC1. The maximum atomic E-state index is 12.4. The second-order valence-electron chi connectivity index (χ2n) is 6.86. The molecule has 3 nitrogen and oxygen atoms in total. The van der Waals surface area contributed by atoms with Crippen LogP contribution in [0.4, 0.5) is 0 Å². The molecule has 102 valence electrons. The summed E-state index contributed by atoms with van der Waals surface area (Å²) < 4.78 is 0. The smallest absolute Gasteiger partial charge is 0.225 e. The predicted octanol–water partition coefficient (Wildman–Crippen LogP) is 2.02. The van der Waals surface area contributed by atoms with Gasteiger partial charge in [-0.1, -0.05) is 6.92 Å². The van der Waals surface area contributed by atoms with E-state index in [0.717, 1.165) is 32.1 Å². The number of rotatable bonds is 1. The third-order valence-electron chi connectivity index (χ3n) is 5.47. The molecule has 3 fully saturated rings. The first-order valence-electron chi connectivity index (χ1n) is 7.68. The Morgan fingerprint density at radius 3 is 2.39 bits per heavy atom. The number of carbonyl (C=O) groups excluding carboxylic acids is 1. The minimum Gasteiger partial charge on any atom is -0.342 e. The normalized spacial score (nSPS) is 29.3. The molecule has 0 aromatic rings. The lowest BCUT2D eigenvalue weighted by Gasteiger charge is -2.51. The van der Waals surface area contributed by atoms with E-state index >= 15 is 0 Å². The molecule has 1 amide bonds. The second kappa shape index (κ2) is 4.84. The Hall–Kier alpha value is -0.570. The maximum absolute atomic E-state index is 12.4. The number of amides is 1. The van der Waals surface area contributed by atoms with E-state index in [1.54, 1.807) is 0 Å². The van der Waals surface area contributed by atoms with E-state index in [-0.39, 0.29) is 0 Å². The first-order valence-corrected chi connectivity index (χ1v) is 7.68. The summed E-state index contributed by atoms with van der Waals surface area (Å²) in [6, 6.07) is 0. The van der Waals surface area contributed by atoms with Crippen molar-refractivity contribution in [1.29, 1.82) is 0 Å². The first-order chi connectivity index (χ1) is 8.69. The van der Waals surface area contributed by atoms with Crippen LogP contribution in [0.3, 0.4) is 0 Å². The van der Waals surface area contributed by atoms with Gasteiger partial charge in [-0.2, -0.15) is 0 Å². The zero-order valence-corrected chi connectivity index (χ0v) is 11.6. The lowest BCUT2D eigenvalue weighted by atomic mass is 9.57. The van der Waals surface area contributed by atoms with Gasteiger partial charge in [-0.3, -0.25) is 4.79 Å². The molecular weight excluding hydrogens is 224 g/mol. The van der Waals surface area contributed by atoms with E-state index in [0.29, 0.717) is 17.2 Å². The predicted molar refractivity (Wildman–Crippen MR) is 72.2 cm³/mol. The number of piperidine rings is 2. The Balaban J connectivity index is 1.50. The highest BCUT2D eigenvalue weighted by atomic mass is 16.2. The Labute approximate surface area is 110 Å². The highest BCUT2D eigenvalue weighted by Gasteiger charge is 2.48. The van der Waals surface area contributed by atoms with Crippen molar-refractivity contribution in [3.63, 3.8) is 0 Å². The zero-order chi connectivity index (χ0) is 12.6. The van der Waals surface area contributed by atoms with Gasteiger partial charge in [-0.15, -0.1) is 0 Å². The molecule has 3 heteroatoms. The van der Waals surface area contributed by atoms with Crippen LogP contribution in [0.2, 0.25) is 0 Å². The summed E-state index contributed by atoms with van der Waals surface area (Å²) >= 11 is 0. The minimum absolute atomic E-state index is 0.358. The molecule has 3 rings (SSSR count). The van der Waals surface area contributed by atoms with E-state index in [1.807, 2.05) is 0 Å². The number of nitrogens with one attached hydrogen (secondary N) is 1. The second-order valence-corrected chi connectivity index (χ2v) is 6.86. The number of carbonyl (C=O) groups is 1. The van der Waals surface area contributed by atoms with Gasteiger partial charge in [0.05, 0.1) is 0 Å². The Kier molecular flexibility index (Phi) is 3.35. The van der Waals surface area contributed by atoms with Crippen LogP contribution in [0, 0.1) is 17.3 Å². The van der Waals surface area contributed by atoms with Crippen LogP contribution in [-0.2, 0) is 4.79 Å². The van der Waals surface area contributed by atoms with Gasteiger partial charge in [-0.05, 0) is 62.9 Å². The quantitative estimate of drug-likeness (QED) is 0.772. The molecule has 1 aliphatic carbocycles. The first kappa shape index (κ1) is 12.5. The summed E-state index contributed by atoms with van der Waals surface area (Å²) in [6.07, 6.45) is 7.31. The topological polar surface area (TPSA) is 32.3 Å². The molecule has 2 aliphatic heterocycles. The van der Waals surface area contributed by atoms with Crippen LogP contribution >= 0.6 is 0 Å². The molecule has 1 N–H and O–H groups in total. The molecule has 18 heavy (non-hydrogen) atoms. The summed E-state index contributed by atoms with van der Waals surface area (Å²) in [7, 11) is 0. The highest BCUT2D eigenvalue weighted by Crippen LogP contribution is 2.52. The molecule has 1 spiro atoms. The molecule has 0 unspecified atom stereocenters. The molecule has 2 heterocycles. The summed E-state index contributed by atoms with van der Waals surface area (Å²) in [5.74, 6) is 1.63.